The summed E-state index contributed by atoms with van der Waals surface area (Å²) in [6.07, 6.45) is 0. The van der Waals surface area contributed by atoms with Gasteiger partial charge in [0.15, 0.2) is 0 Å². The third-order valence-corrected chi connectivity index (χ3v) is 2.73. The van der Waals surface area contributed by atoms with Crippen LogP contribution in [0.3, 0.4) is 0 Å². The summed E-state index contributed by atoms with van der Waals surface area (Å²) in [5, 5.41) is 2.98. The molecule has 0 fully saturated rings. The van der Waals surface area contributed by atoms with Crippen LogP contribution in [-0.4, -0.2) is 7.11 Å². The second-order valence-electron chi connectivity index (χ2n) is 4.04. The first kappa shape index (κ1) is 12.2. The second kappa shape index (κ2) is 4.96. The summed E-state index contributed by atoms with van der Waals surface area (Å²) in [4.78, 5) is 0. The van der Waals surface area contributed by atoms with E-state index in [1.54, 1.807) is 25.3 Å². The smallest absolute Gasteiger partial charge is 0.146 e. The van der Waals surface area contributed by atoms with Gasteiger partial charge in [0.2, 0.25) is 0 Å². The van der Waals surface area contributed by atoms with Crippen molar-refractivity contribution in [1.29, 1.82) is 0 Å². The number of anilines is 3. The van der Waals surface area contributed by atoms with Gasteiger partial charge in [-0.2, -0.15) is 0 Å². The number of aryl methyl sites for hydroxylation is 1. The molecule has 0 unspecified atom stereocenters. The molecule has 4 heteroatoms. The van der Waals surface area contributed by atoms with Crippen LogP contribution in [0.2, 0.25) is 0 Å². The molecule has 2 rings (SSSR count). The zero-order chi connectivity index (χ0) is 13.1. The Balaban J connectivity index is 2.30. The fraction of sp³-hybridized carbons (Fsp3) is 0.143. The Kier molecular flexibility index (Phi) is 3.37. The topological polar surface area (TPSA) is 47.3 Å². The molecule has 18 heavy (non-hydrogen) atoms. The molecule has 3 N–H and O–H groups in total. The van der Waals surface area contributed by atoms with Crippen molar-refractivity contribution in [3.63, 3.8) is 0 Å². The summed E-state index contributed by atoms with van der Waals surface area (Å²) < 4.78 is 18.7. The molecule has 0 aliphatic heterocycles. The number of hydrogen-bond donors (Lipinski definition) is 2. The number of nitrogen functional groups attached to an aromatic ring is 1. The third kappa shape index (κ3) is 2.53. The van der Waals surface area contributed by atoms with Crippen molar-refractivity contribution < 1.29 is 9.13 Å². The molecular weight excluding hydrogens is 231 g/mol. The number of methoxy groups -OCH3 is 1. The highest BCUT2D eigenvalue weighted by Crippen LogP contribution is 2.26. The summed E-state index contributed by atoms with van der Waals surface area (Å²) in [7, 11) is 1.54. The highest BCUT2D eigenvalue weighted by Gasteiger charge is 2.05. The van der Waals surface area contributed by atoms with Gasteiger partial charge in [0, 0.05) is 17.4 Å². The molecule has 0 aliphatic carbocycles. The monoisotopic (exact) mass is 246 g/mol. The standard InChI is InChI=1S/C14H15FN2O/c1-9-3-4-10(7-13(9)16)17-14-8-11(18-2)5-6-12(14)15/h3-8,17H,16H2,1-2H3. The molecule has 0 bridgehead atoms. The van der Waals surface area contributed by atoms with E-state index in [1.807, 2.05) is 19.1 Å². The van der Waals surface area contributed by atoms with Crippen molar-refractivity contribution >= 4 is 17.1 Å². The number of nitrogens with two attached hydrogens (primary N) is 1. The number of ether oxygens (including phenoxy) is 1. The predicted octanol–water partition coefficient (Wildman–Crippen LogP) is 3.47. The molecule has 0 aromatic heterocycles. The maximum Gasteiger partial charge on any atom is 0.146 e. The van der Waals surface area contributed by atoms with Crippen LogP contribution in [-0.2, 0) is 0 Å². The maximum atomic E-state index is 13.6. The van der Waals surface area contributed by atoms with Crippen LogP contribution in [0.25, 0.3) is 0 Å². The molecule has 0 atom stereocenters. The predicted molar refractivity (Wildman–Crippen MR) is 71.8 cm³/mol. The van der Waals surface area contributed by atoms with Crippen molar-refractivity contribution in [2.75, 3.05) is 18.2 Å². The zero-order valence-corrected chi connectivity index (χ0v) is 10.3. The van der Waals surface area contributed by atoms with Gasteiger partial charge in [0.05, 0.1) is 12.8 Å². The highest BCUT2D eigenvalue weighted by atomic mass is 19.1. The molecule has 0 heterocycles. The fourth-order valence-corrected chi connectivity index (χ4v) is 1.60. The first-order chi connectivity index (χ1) is 8.60. The largest absolute Gasteiger partial charge is 0.497 e. The van der Waals surface area contributed by atoms with E-state index < -0.39 is 0 Å². The van der Waals surface area contributed by atoms with E-state index in [4.69, 9.17) is 10.5 Å². The lowest BCUT2D eigenvalue weighted by atomic mass is 10.2. The van der Waals surface area contributed by atoms with Crippen molar-refractivity contribution in [1.82, 2.24) is 0 Å². The minimum atomic E-state index is -0.338. The average molecular weight is 246 g/mol. The van der Waals surface area contributed by atoms with Gasteiger partial charge in [-0.3, -0.25) is 0 Å². The molecule has 3 nitrogen and oxygen atoms in total. The van der Waals surface area contributed by atoms with E-state index in [1.165, 1.54) is 6.07 Å². The second-order valence-corrected chi connectivity index (χ2v) is 4.04. The fourth-order valence-electron chi connectivity index (χ4n) is 1.60. The van der Waals surface area contributed by atoms with Crippen molar-refractivity contribution in [3.8, 4) is 5.75 Å². The number of benzene rings is 2. The van der Waals surface area contributed by atoms with Gasteiger partial charge >= 0.3 is 0 Å². The van der Waals surface area contributed by atoms with Gasteiger partial charge in [-0.25, -0.2) is 4.39 Å². The molecule has 0 saturated carbocycles. The number of rotatable bonds is 3. The molecule has 2 aromatic carbocycles. The van der Waals surface area contributed by atoms with Crippen LogP contribution >= 0.6 is 0 Å². The summed E-state index contributed by atoms with van der Waals surface area (Å²) in [6.45, 7) is 1.92. The van der Waals surface area contributed by atoms with Crippen LogP contribution in [0.1, 0.15) is 5.56 Å². The summed E-state index contributed by atoms with van der Waals surface area (Å²) in [5.74, 6) is 0.258. The first-order valence-electron chi connectivity index (χ1n) is 5.57. The van der Waals surface area contributed by atoms with Crippen LogP contribution in [0, 0.1) is 12.7 Å². The van der Waals surface area contributed by atoms with E-state index >= 15 is 0 Å². The van der Waals surface area contributed by atoms with Crippen molar-refractivity contribution in [2.24, 2.45) is 0 Å². The van der Waals surface area contributed by atoms with Crippen molar-refractivity contribution in [3.05, 3.63) is 47.8 Å². The Labute approximate surface area is 105 Å². The Morgan fingerprint density at radius 3 is 2.61 bits per heavy atom. The summed E-state index contributed by atoms with van der Waals surface area (Å²) in [5.41, 5.74) is 8.57. The molecule has 0 radical (unpaired) electrons. The Morgan fingerprint density at radius 2 is 1.94 bits per heavy atom. The quantitative estimate of drug-likeness (QED) is 0.815. The summed E-state index contributed by atoms with van der Waals surface area (Å²) >= 11 is 0. The number of hydrogen-bond acceptors (Lipinski definition) is 3. The van der Waals surface area contributed by atoms with Crippen LogP contribution < -0.4 is 15.8 Å². The van der Waals surface area contributed by atoms with Gasteiger partial charge in [-0.15, -0.1) is 0 Å². The van der Waals surface area contributed by atoms with Crippen molar-refractivity contribution in [2.45, 2.75) is 6.92 Å². The van der Waals surface area contributed by atoms with E-state index in [9.17, 15) is 4.39 Å². The minimum absolute atomic E-state index is 0.338. The normalized spacial score (nSPS) is 10.2. The first-order valence-corrected chi connectivity index (χ1v) is 5.57. The van der Waals surface area contributed by atoms with E-state index in [0.717, 1.165) is 11.3 Å². The van der Waals surface area contributed by atoms with Gasteiger partial charge in [0.25, 0.3) is 0 Å². The SMILES string of the molecule is COc1ccc(F)c(Nc2ccc(C)c(N)c2)c1. The molecule has 0 amide bonds. The van der Waals surface area contributed by atoms with Crippen LogP contribution in [0.4, 0.5) is 21.5 Å². The molecule has 0 saturated heterocycles. The lowest BCUT2D eigenvalue weighted by molar-refractivity contribution is 0.414. The number of halogens is 1. The lowest BCUT2D eigenvalue weighted by Crippen LogP contribution is -1.97. The molecule has 2 aromatic rings. The van der Waals surface area contributed by atoms with Crippen LogP contribution in [0.5, 0.6) is 5.75 Å². The number of nitrogens with one attached hydrogen (secondary N) is 1. The lowest BCUT2D eigenvalue weighted by Gasteiger charge is -2.10. The van der Waals surface area contributed by atoms with Gasteiger partial charge in [-0.1, -0.05) is 6.07 Å². The van der Waals surface area contributed by atoms with Gasteiger partial charge < -0.3 is 15.8 Å². The molecule has 94 valence electrons. The third-order valence-electron chi connectivity index (χ3n) is 2.73. The Bertz CT molecular complexity index is 570. The van der Waals surface area contributed by atoms with Gasteiger partial charge in [0.1, 0.15) is 11.6 Å². The average Bonchev–Trinajstić information content (AvgIpc) is 2.36. The zero-order valence-electron chi connectivity index (χ0n) is 10.3. The molecule has 0 aliphatic rings. The van der Waals surface area contributed by atoms with Gasteiger partial charge in [-0.05, 0) is 36.8 Å². The van der Waals surface area contributed by atoms with E-state index in [-0.39, 0.29) is 5.82 Å². The Hall–Kier alpha value is -2.23. The summed E-state index contributed by atoms with van der Waals surface area (Å²) in [6, 6.07) is 10.0. The van der Waals surface area contributed by atoms with E-state index in [0.29, 0.717) is 17.1 Å². The van der Waals surface area contributed by atoms with E-state index in [2.05, 4.69) is 5.32 Å². The molecular formula is C14H15FN2O. The minimum Gasteiger partial charge on any atom is -0.497 e. The van der Waals surface area contributed by atoms with Crippen LogP contribution in [0.15, 0.2) is 36.4 Å². The Morgan fingerprint density at radius 1 is 1.17 bits per heavy atom. The molecule has 0 spiro atoms. The maximum absolute atomic E-state index is 13.6. The highest BCUT2D eigenvalue weighted by molar-refractivity contribution is 5.66.